The molecule has 4 N–H and O–H groups in total. The van der Waals surface area contributed by atoms with Crippen LogP contribution in [0, 0.1) is 11.3 Å². The van der Waals surface area contributed by atoms with Crippen molar-refractivity contribution in [3.8, 4) is 0 Å². The van der Waals surface area contributed by atoms with E-state index in [0.717, 1.165) is 25.9 Å². The van der Waals surface area contributed by atoms with Gasteiger partial charge in [-0.3, -0.25) is 10.3 Å². The number of hydrogen-bond acceptors (Lipinski definition) is 3. The lowest BCUT2D eigenvalue weighted by Crippen LogP contribution is -2.47. The number of nitrogens with two attached hydrogens (primary N) is 1. The summed E-state index contributed by atoms with van der Waals surface area (Å²) in [5.74, 6) is 0.319. The van der Waals surface area contributed by atoms with Crippen LogP contribution in [-0.2, 0) is 0 Å². The Morgan fingerprint density at radius 1 is 1.64 bits per heavy atom. The first-order chi connectivity index (χ1) is 6.50. The zero-order valence-electron chi connectivity index (χ0n) is 9.03. The normalized spacial score (nSPS) is 31.4. The van der Waals surface area contributed by atoms with Crippen molar-refractivity contribution in [2.75, 3.05) is 13.1 Å². The molecule has 0 aliphatic carbocycles. The van der Waals surface area contributed by atoms with Gasteiger partial charge < -0.3 is 10.8 Å². The van der Waals surface area contributed by atoms with Gasteiger partial charge in [0.25, 0.3) is 0 Å². The summed E-state index contributed by atoms with van der Waals surface area (Å²) < 4.78 is 0. The zero-order chi connectivity index (χ0) is 10.7. The van der Waals surface area contributed by atoms with Crippen LogP contribution >= 0.6 is 0 Å². The van der Waals surface area contributed by atoms with Crippen molar-refractivity contribution in [2.45, 2.75) is 38.8 Å². The number of piperidine rings is 1. The highest BCUT2D eigenvalue weighted by Crippen LogP contribution is 2.18. The molecule has 1 aliphatic heterocycles. The lowest BCUT2D eigenvalue weighted by Gasteiger charge is -2.37. The number of aliphatic hydroxyl groups excluding tert-OH is 1. The van der Waals surface area contributed by atoms with Crippen molar-refractivity contribution >= 4 is 5.84 Å². The van der Waals surface area contributed by atoms with Crippen molar-refractivity contribution in [3.63, 3.8) is 0 Å². The summed E-state index contributed by atoms with van der Waals surface area (Å²) in [5, 5.41) is 16.8. The molecular weight excluding hydrogens is 178 g/mol. The summed E-state index contributed by atoms with van der Waals surface area (Å²) in [6.45, 7) is 5.63. The first-order valence-corrected chi connectivity index (χ1v) is 5.26. The molecule has 1 unspecified atom stereocenters. The molecule has 0 saturated carbocycles. The van der Waals surface area contributed by atoms with E-state index in [0.29, 0.717) is 6.04 Å². The number of β-amino-alcohol motifs (C(OH)–C–C–N with tert-alkyl or cyclic N) is 1. The highest BCUT2D eigenvalue weighted by molar-refractivity contribution is 5.79. The molecule has 4 heteroatoms. The Balaban J connectivity index is 2.45. The molecule has 0 bridgehead atoms. The molecule has 82 valence electrons. The van der Waals surface area contributed by atoms with E-state index in [1.54, 1.807) is 0 Å². The number of nitrogens with zero attached hydrogens (tertiary/aromatic N) is 1. The molecule has 0 aromatic rings. The van der Waals surface area contributed by atoms with Crippen molar-refractivity contribution in [1.82, 2.24) is 4.90 Å². The van der Waals surface area contributed by atoms with E-state index in [2.05, 4.69) is 11.8 Å². The van der Waals surface area contributed by atoms with E-state index in [9.17, 15) is 5.11 Å². The molecule has 0 spiro atoms. The van der Waals surface area contributed by atoms with Gasteiger partial charge in [-0.15, -0.1) is 0 Å². The molecule has 0 aromatic heterocycles. The lowest BCUT2D eigenvalue weighted by molar-refractivity contribution is 0.0376. The summed E-state index contributed by atoms with van der Waals surface area (Å²) in [5.41, 5.74) is 5.43. The minimum atomic E-state index is -0.203. The van der Waals surface area contributed by atoms with Gasteiger partial charge >= 0.3 is 0 Å². The zero-order valence-corrected chi connectivity index (χ0v) is 9.03. The van der Waals surface area contributed by atoms with Crippen LogP contribution in [0.4, 0.5) is 0 Å². The topological polar surface area (TPSA) is 73.3 Å². The van der Waals surface area contributed by atoms with E-state index in [4.69, 9.17) is 11.1 Å². The molecule has 1 saturated heterocycles. The second-order valence-electron chi connectivity index (χ2n) is 4.39. The number of rotatable bonds is 3. The van der Waals surface area contributed by atoms with Gasteiger partial charge in [0.2, 0.25) is 0 Å². The molecule has 1 aliphatic rings. The predicted octanol–water partition coefficient (Wildman–Crippen LogP) is 0.404. The van der Waals surface area contributed by atoms with Crippen molar-refractivity contribution in [1.29, 1.82) is 5.41 Å². The highest BCUT2D eigenvalue weighted by Gasteiger charge is 2.25. The average molecular weight is 199 g/mol. The van der Waals surface area contributed by atoms with Gasteiger partial charge in [-0.05, 0) is 19.8 Å². The Morgan fingerprint density at radius 2 is 2.29 bits per heavy atom. The summed E-state index contributed by atoms with van der Waals surface area (Å²) in [6, 6.07) is 0.500. The van der Waals surface area contributed by atoms with Crippen LogP contribution in [0.5, 0.6) is 0 Å². The Morgan fingerprint density at radius 3 is 2.86 bits per heavy atom. The first kappa shape index (κ1) is 11.5. The average Bonchev–Trinajstić information content (AvgIpc) is 2.11. The van der Waals surface area contributed by atoms with Crippen LogP contribution in [0.2, 0.25) is 0 Å². The summed E-state index contributed by atoms with van der Waals surface area (Å²) in [6.07, 6.45) is 1.73. The van der Waals surface area contributed by atoms with Crippen LogP contribution in [0.1, 0.15) is 26.7 Å². The maximum atomic E-state index is 9.52. The van der Waals surface area contributed by atoms with Crippen molar-refractivity contribution in [3.05, 3.63) is 0 Å². The fourth-order valence-corrected chi connectivity index (χ4v) is 1.86. The van der Waals surface area contributed by atoms with E-state index < -0.39 is 0 Å². The van der Waals surface area contributed by atoms with Gasteiger partial charge in [0.15, 0.2) is 0 Å². The van der Waals surface area contributed by atoms with Gasteiger partial charge in [-0.2, -0.15) is 0 Å². The number of nitrogens with one attached hydrogen (secondary N) is 1. The number of hydrogen-bond donors (Lipinski definition) is 3. The molecule has 14 heavy (non-hydrogen) atoms. The largest absolute Gasteiger partial charge is 0.392 e. The van der Waals surface area contributed by atoms with Crippen LogP contribution in [0.15, 0.2) is 0 Å². The Hall–Kier alpha value is -0.610. The third-order valence-electron chi connectivity index (χ3n) is 3.03. The third-order valence-corrected chi connectivity index (χ3v) is 3.03. The SMILES string of the molecule is CC(CN1C[C@@H](O)CC[C@@H]1C)C(=N)N. The maximum Gasteiger partial charge on any atom is 0.0947 e. The minimum Gasteiger partial charge on any atom is -0.392 e. The van der Waals surface area contributed by atoms with Crippen molar-refractivity contribution < 1.29 is 5.11 Å². The van der Waals surface area contributed by atoms with E-state index in [1.807, 2.05) is 6.92 Å². The second kappa shape index (κ2) is 4.75. The van der Waals surface area contributed by atoms with Crippen LogP contribution in [0.3, 0.4) is 0 Å². The molecule has 1 fully saturated rings. The lowest BCUT2D eigenvalue weighted by atomic mass is 9.99. The highest BCUT2D eigenvalue weighted by atomic mass is 16.3. The summed E-state index contributed by atoms with van der Waals surface area (Å²) in [7, 11) is 0. The summed E-state index contributed by atoms with van der Waals surface area (Å²) >= 11 is 0. The standard InChI is InChI=1S/C10H21N3O/c1-7(10(11)12)5-13-6-9(14)4-3-8(13)2/h7-9,14H,3-6H2,1-2H3,(H3,11,12)/t7?,8-,9-/m0/s1. The first-order valence-electron chi connectivity index (χ1n) is 5.26. The van der Waals surface area contributed by atoms with Gasteiger partial charge in [0.1, 0.15) is 0 Å². The van der Waals surface area contributed by atoms with Crippen LogP contribution in [-0.4, -0.2) is 41.1 Å². The number of likely N-dealkylation sites (tertiary alicyclic amines) is 1. The Labute approximate surface area is 85.6 Å². The monoisotopic (exact) mass is 199 g/mol. The number of amidine groups is 1. The number of aliphatic hydroxyl groups is 1. The summed E-state index contributed by atoms with van der Waals surface area (Å²) in [4.78, 5) is 2.22. The smallest absolute Gasteiger partial charge is 0.0947 e. The molecular formula is C10H21N3O. The van der Waals surface area contributed by atoms with Crippen LogP contribution < -0.4 is 5.73 Å². The quantitative estimate of drug-likeness (QED) is 0.455. The maximum absolute atomic E-state index is 9.52. The van der Waals surface area contributed by atoms with Gasteiger partial charge in [0.05, 0.1) is 11.9 Å². The fraction of sp³-hybridized carbons (Fsp3) is 0.900. The Bertz CT molecular complexity index is 208. The van der Waals surface area contributed by atoms with Gasteiger partial charge in [0, 0.05) is 25.0 Å². The third kappa shape index (κ3) is 2.96. The van der Waals surface area contributed by atoms with E-state index >= 15 is 0 Å². The molecule has 0 aromatic carbocycles. The molecule has 1 rings (SSSR count). The van der Waals surface area contributed by atoms with E-state index in [1.165, 1.54) is 0 Å². The fourth-order valence-electron chi connectivity index (χ4n) is 1.86. The molecule has 0 radical (unpaired) electrons. The van der Waals surface area contributed by atoms with Gasteiger partial charge in [-0.25, -0.2) is 0 Å². The van der Waals surface area contributed by atoms with Gasteiger partial charge in [-0.1, -0.05) is 6.92 Å². The predicted molar refractivity (Wildman–Crippen MR) is 57.4 cm³/mol. The van der Waals surface area contributed by atoms with Crippen LogP contribution in [0.25, 0.3) is 0 Å². The minimum absolute atomic E-state index is 0.0859. The second-order valence-corrected chi connectivity index (χ2v) is 4.39. The molecule has 1 heterocycles. The molecule has 3 atom stereocenters. The molecule has 4 nitrogen and oxygen atoms in total. The van der Waals surface area contributed by atoms with Crippen molar-refractivity contribution in [2.24, 2.45) is 11.7 Å². The molecule has 0 amide bonds. The van der Waals surface area contributed by atoms with E-state index in [-0.39, 0.29) is 17.9 Å². The Kier molecular flexibility index (Phi) is 3.89.